The Hall–Kier alpha value is -3.74. The minimum absolute atomic E-state index is 0.216. The SMILES string of the molecule is C[C@H](c1cccc(NC(=O)c2ccccc2)c1)N(C)C(=O)CN1C(=O)[C@@H]2CC=CC[C@H]2C1=O. The number of carbonyl (C=O) groups is 4. The van der Waals surface area contributed by atoms with Crippen molar-refractivity contribution in [1.82, 2.24) is 9.80 Å². The fourth-order valence-corrected chi connectivity index (χ4v) is 4.38. The van der Waals surface area contributed by atoms with Crippen LogP contribution in [0.5, 0.6) is 0 Å². The summed E-state index contributed by atoms with van der Waals surface area (Å²) in [5.74, 6) is -1.73. The van der Waals surface area contributed by atoms with E-state index in [2.05, 4.69) is 5.32 Å². The number of likely N-dealkylation sites (N-methyl/N-ethyl adjacent to an activating group) is 1. The quantitative estimate of drug-likeness (QED) is 0.545. The number of rotatable bonds is 6. The third-order valence-electron chi connectivity index (χ3n) is 6.53. The second-order valence-electron chi connectivity index (χ2n) is 8.54. The monoisotopic (exact) mass is 445 g/mol. The number of nitrogens with one attached hydrogen (secondary N) is 1. The van der Waals surface area contributed by atoms with Gasteiger partial charge in [-0.1, -0.05) is 42.5 Å². The van der Waals surface area contributed by atoms with Gasteiger partial charge in [0.05, 0.1) is 17.9 Å². The van der Waals surface area contributed by atoms with E-state index in [1.54, 1.807) is 37.4 Å². The summed E-state index contributed by atoms with van der Waals surface area (Å²) in [6, 6.07) is 15.9. The van der Waals surface area contributed by atoms with Gasteiger partial charge in [0, 0.05) is 18.3 Å². The summed E-state index contributed by atoms with van der Waals surface area (Å²) in [7, 11) is 1.65. The number of nitrogens with zero attached hydrogens (tertiary/aromatic N) is 2. The van der Waals surface area contributed by atoms with Crippen molar-refractivity contribution in [3.05, 3.63) is 77.9 Å². The van der Waals surface area contributed by atoms with Crippen molar-refractivity contribution in [1.29, 1.82) is 0 Å². The Morgan fingerprint density at radius 2 is 1.64 bits per heavy atom. The molecule has 7 heteroatoms. The van der Waals surface area contributed by atoms with Crippen molar-refractivity contribution < 1.29 is 19.2 Å². The van der Waals surface area contributed by atoms with Crippen molar-refractivity contribution >= 4 is 29.3 Å². The van der Waals surface area contributed by atoms with Crippen LogP contribution in [-0.2, 0) is 14.4 Å². The molecule has 0 radical (unpaired) electrons. The molecular weight excluding hydrogens is 418 g/mol. The molecule has 7 nitrogen and oxygen atoms in total. The minimum atomic E-state index is -0.345. The molecule has 1 N–H and O–H groups in total. The second kappa shape index (κ2) is 9.40. The smallest absolute Gasteiger partial charge is 0.255 e. The zero-order valence-corrected chi connectivity index (χ0v) is 18.7. The molecule has 0 saturated carbocycles. The highest BCUT2D eigenvalue weighted by atomic mass is 16.2. The number of likely N-dealkylation sites (tertiary alicyclic amines) is 1. The van der Waals surface area contributed by atoms with Gasteiger partial charge in [-0.25, -0.2) is 0 Å². The van der Waals surface area contributed by atoms with E-state index in [1.165, 1.54) is 4.90 Å². The summed E-state index contributed by atoms with van der Waals surface area (Å²) in [6.07, 6.45) is 4.95. The Morgan fingerprint density at radius 1 is 1.00 bits per heavy atom. The Bertz CT molecular complexity index is 1090. The molecule has 0 spiro atoms. The molecule has 4 rings (SSSR count). The van der Waals surface area contributed by atoms with Gasteiger partial charge in [-0.15, -0.1) is 0 Å². The lowest BCUT2D eigenvalue weighted by Crippen LogP contribution is -2.42. The van der Waals surface area contributed by atoms with Gasteiger partial charge in [-0.2, -0.15) is 0 Å². The highest BCUT2D eigenvalue weighted by molar-refractivity contribution is 6.07. The van der Waals surface area contributed by atoms with Crippen LogP contribution in [0, 0.1) is 11.8 Å². The molecule has 4 amide bonds. The maximum Gasteiger partial charge on any atom is 0.255 e. The van der Waals surface area contributed by atoms with Gasteiger partial charge in [-0.3, -0.25) is 24.1 Å². The highest BCUT2D eigenvalue weighted by Crippen LogP contribution is 2.35. The number of imide groups is 1. The van der Waals surface area contributed by atoms with E-state index in [9.17, 15) is 19.2 Å². The highest BCUT2D eigenvalue weighted by Gasteiger charge is 2.47. The van der Waals surface area contributed by atoms with E-state index in [4.69, 9.17) is 0 Å². The number of hydrogen-bond donors (Lipinski definition) is 1. The van der Waals surface area contributed by atoms with Gasteiger partial charge < -0.3 is 10.2 Å². The van der Waals surface area contributed by atoms with E-state index < -0.39 is 0 Å². The first-order valence-electron chi connectivity index (χ1n) is 11.1. The van der Waals surface area contributed by atoms with E-state index >= 15 is 0 Å². The third-order valence-corrected chi connectivity index (χ3v) is 6.53. The maximum absolute atomic E-state index is 13.0. The van der Waals surface area contributed by atoms with Crippen LogP contribution in [0.25, 0.3) is 0 Å². The first-order valence-corrected chi connectivity index (χ1v) is 11.1. The van der Waals surface area contributed by atoms with Gasteiger partial charge in [0.2, 0.25) is 17.7 Å². The Labute approximate surface area is 193 Å². The summed E-state index contributed by atoms with van der Waals surface area (Å²) in [5.41, 5.74) is 2.00. The molecule has 2 aromatic rings. The molecule has 1 aliphatic heterocycles. The molecule has 0 unspecified atom stereocenters. The fraction of sp³-hybridized carbons (Fsp3) is 0.308. The zero-order chi connectivity index (χ0) is 23.5. The molecule has 1 fully saturated rings. The summed E-state index contributed by atoms with van der Waals surface area (Å²) in [6.45, 7) is 1.61. The maximum atomic E-state index is 13.0. The van der Waals surface area contributed by atoms with Gasteiger partial charge >= 0.3 is 0 Å². The van der Waals surface area contributed by atoms with Crippen LogP contribution in [-0.4, -0.2) is 47.0 Å². The Balaban J connectivity index is 1.41. The van der Waals surface area contributed by atoms with Crippen LogP contribution in [0.1, 0.15) is 41.7 Å². The predicted octanol–water partition coefficient (Wildman–Crippen LogP) is 3.41. The number of hydrogen-bond acceptors (Lipinski definition) is 4. The van der Waals surface area contributed by atoms with Crippen molar-refractivity contribution in [3.63, 3.8) is 0 Å². The van der Waals surface area contributed by atoms with Gasteiger partial charge in [0.15, 0.2) is 0 Å². The number of anilines is 1. The van der Waals surface area contributed by atoms with Crippen LogP contribution < -0.4 is 5.32 Å². The zero-order valence-electron chi connectivity index (χ0n) is 18.7. The van der Waals surface area contributed by atoms with Crippen LogP contribution in [0.2, 0.25) is 0 Å². The van der Waals surface area contributed by atoms with Crippen molar-refractivity contribution in [2.24, 2.45) is 11.8 Å². The standard InChI is InChI=1S/C26H27N3O4/c1-17(19-11-8-12-20(15-19)27-24(31)18-9-4-3-5-10-18)28(2)23(30)16-29-25(32)21-13-6-7-14-22(21)26(29)33/h3-12,15,17,21-22H,13-14,16H2,1-2H3,(H,27,31)/t17-,21-,22-/m1/s1. The van der Waals surface area contributed by atoms with Crippen molar-refractivity contribution in [2.45, 2.75) is 25.8 Å². The first kappa shape index (κ1) is 22.5. The Kier molecular flexibility index (Phi) is 6.40. The largest absolute Gasteiger partial charge is 0.337 e. The molecule has 0 aromatic heterocycles. The molecule has 2 aromatic carbocycles. The average molecular weight is 446 g/mol. The summed E-state index contributed by atoms with van der Waals surface area (Å²) >= 11 is 0. The van der Waals surface area contributed by atoms with E-state index in [-0.39, 0.29) is 48.1 Å². The van der Waals surface area contributed by atoms with Crippen LogP contribution in [0.4, 0.5) is 5.69 Å². The lowest BCUT2D eigenvalue weighted by Gasteiger charge is -2.27. The van der Waals surface area contributed by atoms with E-state index in [0.29, 0.717) is 24.1 Å². The molecule has 1 heterocycles. The lowest BCUT2D eigenvalue weighted by atomic mass is 9.85. The topological polar surface area (TPSA) is 86.8 Å². The summed E-state index contributed by atoms with van der Waals surface area (Å²) in [4.78, 5) is 53.4. The van der Waals surface area contributed by atoms with E-state index in [0.717, 1.165) is 10.5 Å². The van der Waals surface area contributed by atoms with Crippen LogP contribution >= 0.6 is 0 Å². The number of amides is 4. The molecule has 0 bridgehead atoms. The molecule has 2 aliphatic rings. The number of fused-ring (bicyclic) bond motifs is 1. The van der Waals surface area contributed by atoms with Crippen molar-refractivity contribution in [2.75, 3.05) is 18.9 Å². The summed E-state index contributed by atoms with van der Waals surface area (Å²) < 4.78 is 0. The van der Waals surface area contributed by atoms with Gasteiger partial charge in [0.25, 0.3) is 5.91 Å². The lowest BCUT2D eigenvalue weighted by molar-refractivity contribution is -0.146. The minimum Gasteiger partial charge on any atom is -0.337 e. The number of allylic oxidation sites excluding steroid dienone is 2. The predicted molar refractivity (Wildman–Crippen MR) is 124 cm³/mol. The molecule has 170 valence electrons. The fourth-order valence-electron chi connectivity index (χ4n) is 4.38. The molecule has 1 aliphatic carbocycles. The van der Waals surface area contributed by atoms with Gasteiger partial charge in [-0.05, 0) is 49.6 Å². The normalized spacial score (nSPS) is 20.4. The average Bonchev–Trinajstić information content (AvgIpc) is 3.08. The molecule has 1 saturated heterocycles. The molecule has 3 atom stereocenters. The van der Waals surface area contributed by atoms with Crippen LogP contribution in [0.15, 0.2) is 66.7 Å². The number of carbonyl (C=O) groups excluding carboxylic acids is 4. The Morgan fingerprint density at radius 3 is 2.27 bits per heavy atom. The van der Waals surface area contributed by atoms with Crippen molar-refractivity contribution in [3.8, 4) is 0 Å². The van der Waals surface area contributed by atoms with Crippen LogP contribution in [0.3, 0.4) is 0 Å². The molecular formula is C26H27N3O4. The number of benzene rings is 2. The van der Waals surface area contributed by atoms with Gasteiger partial charge in [0.1, 0.15) is 6.54 Å². The third kappa shape index (κ3) is 4.58. The summed E-state index contributed by atoms with van der Waals surface area (Å²) in [5, 5.41) is 2.87. The molecule has 33 heavy (non-hydrogen) atoms. The first-order chi connectivity index (χ1) is 15.9. The van der Waals surface area contributed by atoms with E-state index in [1.807, 2.05) is 43.3 Å². The second-order valence-corrected chi connectivity index (χ2v) is 8.54.